The van der Waals surface area contributed by atoms with Crippen molar-refractivity contribution in [2.75, 3.05) is 17.2 Å². The molecule has 0 amide bonds. The Kier molecular flexibility index (Phi) is 2.81. The van der Waals surface area contributed by atoms with E-state index in [0.717, 1.165) is 16.9 Å². The number of anilines is 2. The first-order valence-electron chi connectivity index (χ1n) is 6.49. The Labute approximate surface area is 111 Å². The third-order valence-electron chi connectivity index (χ3n) is 4.09. The van der Waals surface area contributed by atoms with E-state index >= 15 is 0 Å². The topological polar surface area (TPSA) is 24.1 Å². The normalized spacial score (nSPS) is 31.5. The van der Waals surface area contributed by atoms with Gasteiger partial charge in [-0.05, 0) is 37.0 Å². The van der Waals surface area contributed by atoms with Gasteiger partial charge in [-0.2, -0.15) is 0 Å². The zero-order valence-electron chi connectivity index (χ0n) is 10.2. The molecule has 17 heavy (non-hydrogen) atoms. The van der Waals surface area contributed by atoms with E-state index in [9.17, 15) is 0 Å². The van der Waals surface area contributed by atoms with Crippen LogP contribution in [0.3, 0.4) is 0 Å². The second kappa shape index (κ2) is 4.20. The zero-order valence-corrected chi connectivity index (χ0v) is 11.8. The van der Waals surface area contributed by atoms with Crippen LogP contribution in [-0.4, -0.2) is 12.1 Å². The summed E-state index contributed by atoms with van der Waals surface area (Å²) in [6.45, 7) is 3.44. The molecule has 0 aromatic heterocycles. The van der Waals surface area contributed by atoms with Gasteiger partial charge in [-0.3, -0.25) is 0 Å². The fraction of sp³-hybridized carbons (Fsp3) is 0.571. The highest BCUT2D eigenvalue weighted by Crippen LogP contribution is 2.40. The molecule has 1 saturated carbocycles. The van der Waals surface area contributed by atoms with Crippen LogP contribution in [0.1, 0.15) is 32.6 Å². The number of hydrogen-bond acceptors (Lipinski definition) is 2. The van der Waals surface area contributed by atoms with Gasteiger partial charge < -0.3 is 10.6 Å². The van der Waals surface area contributed by atoms with Gasteiger partial charge in [0, 0.05) is 11.0 Å². The summed E-state index contributed by atoms with van der Waals surface area (Å²) in [5, 5.41) is 7.38. The van der Waals surface area contributed by atoms with Crippen LogP contribution in [-0.2, 0) is 0 Å². The summed E-state index contributed by atoms with van der Waals surface area (Å²) < 4.78 is 1.14. The highest BCUT2D eigenvalue weighted by atomic mass is 79.9. The van der Waals surface area contributed by atoms with Gasteiger partial charge in [0.25, 0.3) is 0 Å². The van der Waals surface area contributed by atoms with Crippen molar-refractivity contribution in [1.82, 2.24) is 0 Å². The van der Waals surface area contributed by atoms with Crippen LogP contribution in [0, 0.1) is 5.92 Å². The smallest absolute Gasteiger partial charge is 0.0592 e. The van der Waals surface area contributed by atoms with E-state index < -0.39 is 0 Å². The maximum Gasteiger partial charge on any atom is 0.0592 e. The van der Waals surface area contributed by atoms with Crippen LogP contribution >= 0.6 is 15.9 Å². The maximum atomic E-state index is 3.79. The molecule has 2 nitrogen and oxygen atoms in total. The van der Waals surface area contributed by atoms with Crippen LogP contribution in [0.15, 0.2) is 22.7 Å². The van der Waals surface area contributed by atoms with Crippen molar-refractivity contribution >= 4 is 27.3 Å². The highest BCUT2D eigenvalue weighted by molar-refractivity contribution is 9.10. The lowest BCUT2D eigenvalue weighted by Gasteiger charge is -2.45. The second-order valence-electron chi connectivity index (χ2n) is 5.65. The standard InChI is InChI=1S/C14H19BrN2/c1-10-3-2-6-14(8-10)9-16-12-5-4-11(15)7-13(12)17-14/h4-5,7,10,16-17H,2-3,6,8-9H2,1H3. The number of hydrogen-bond donors (Lipinski definition) is 2. The van der Waals surface area contributed by atoms with Gasteiger partial charge in [0.15, 0.2) is 0 Å². The van der Waals surface area contributed by atoms with Gasteiger partial charge >= 0.3 is 0 Å². The van der Waals surface area contributed by atoms with Crippen LogP contribution in [0.25, 0.3) is 0 Å². The molecule has 1 aliphatic heterocycles. The van der Waals surface area contributed by atoms with Crippen molar-refractivity contribution in [3.63, 3.8) is 0 Å². The van der Waals surface area contributed by atoms with Crippen molar-refractivity contribution in [3.05, 3.63) is 22.7 Å². The molecule has 0 bridgehead atoms. The first kappa shape index (κ1) is 11.4. The molecule has 2 atom stereocenters. The number of halogens is 1. The Hall–Kier alpha value is -0.700. The van der Waals surface area contributed by atoms with Gasteiger partial charge in [0.1, 0.15) is 0 Å². The van der Waals surface area contributed by atoms with E-state index in [4.69, 9.17) is 0 Å². The molecule has 3 heteroatoms. The van der Waals surface area contributed by atoms with Gasteiger partial charge in [0.2, 0.25) is 0 Å². The second-order valence-corrected chi connectivity index (χ2v) is 6.57. The molecule has 1 fully saturated rings. The minimum absolute atomic E-state index is 0.283. The van der Waals surface area contributed by atoms with Crippen LogP contribution in [0.4, 0.5) is 11.4 Å². The fourth-order valence-electron chi connectivity index (χ4n) is 3.30. The average molecular weight is 295 g/mol. The molecule has 1 aromatic carbocycles. The molecule has 2 aliphatic rings. The lowest BCUT2D eigenvalue weighted by molar-refractivity contribution is 0.266. The molecular weight excluding hydrogens is 276 g/mol. The Morgan fingerprint density at radius 3 is 3.06 bits per heavy atom. The van der Waals surface area contributed by atoms with E-state index in [1.807, 2.05) is 0 Å². The molecule has 2 N–H and O–H groups in total. The number of nitrogens with one attached hydrogen (secondary N) is 2. The molecule has 2 unspecified atom stereocenters. The zero-order chi connectivity index (χ0) is 11.9. The van der Waals surface area contributed by atoms with Crippen molar-refractivity contribution < 1.29 is 0 Å². The van der Waals surface area contributed by atoms with Gasteiger partial charge in [-0.15, -0.1) is 0 Å². The quantitative estimate of drug-likeness (QED) is 0.748. The molecule has 1 aromatic rings. The minimum atomic E-state index is 0.283. The number of rotatable bonds is 0. The van der Waals surface area contributed by atoms with Crippen molar-refractivity contribution in [3.8, 4) is 0 Å². The summed E-state index contributed by atoms with van der Waals surface area (Å²) >= 11 is 3.55. The monoisotopic (exact) mass is 294 g/mol. The predicted octanol–water partition coefficient (Wildman–Crippen LogP) is 4.24. The van der Waals surface area contributed by atoms with Crippen LogP contribution in [0.2, 0.25) is 0 Å². The van der Waals surface area contributed by atoms with Crippen molar-refractivity contribution in [2.24, 2.45) is 5.92 Å². The molecular formula is C14H19BrN2. The summed E-state index contributed by atoms with van der Waals surface area (Å²) in [7, 11) is 0. The Morgan fingerprint density at radius 2 is 2.24 bits per heavy atom. The Balaban J connectivity index is 1.88. The molecule has 3 rings (SSSR count). The summed E-state index contributed by atoms with van der Waals surface area (Å²) in [5.41, 5.74) is 2.77. The SMILES string of the molecule is CC1CCCC2(CNc3ccc(Br)cc3N2)C1. The third-order valence-corrected chi connectivity index (χ3v) is 4.58. The Bertz CT molecular complexity index is 432. The predicted molar refractivity (Wildman–Crippen MR) is 76.6 cm³/mol. The van der Waals surface area contributed by atoms with E-state index in [1.165, 1.54) is 37.1 Å². The molecule has 1 heterocycles. The average Bonchev–Trinajstić information content (AvgIpc) is 2.28. The largest absolute Gasteiger partial charge is 0.381 e. The number of fused-ring (bicyclic) bond motifs is 1. The molecule has 1 spiro atoms. The molecule has 0 saturated heterocycles. The van der Waals surface area contributed by atoms with Gasteiger partial charge in [-0.1, -0.05) is 35.7 Å². The highest BCUT2D eigenvalue weighted by Gasteiger charge is 2.37. The summed E-state index contributed by atoms with van der Waals surface area (Å²) in [6.07, 6.45) is 5.30. The van der Waals surface area contributed by atoms with Crippen LogP contribution < -0.4 is 10.6 Å². The third kappa shape index (κ3) is 2.17. The van der Waals surface area contributed by atoms with E-state index in [2.05, 4.69) is 51.7 Å². The summed E-state index contributed by atoms with van der Waals surface area (Å²) in [4.78, 5) is 0. The molecule has 1 aliphatic carbocycles. The first-order valence-corrected chi connectivity index (χ1v) is 7.28. The summed E-state index contributed by atoms with van der Waals surface area (Å²) in [5.74, 6) is 0.840. The first-order chi connectivity index (χ1) is 8.17. The van der Waals surface area contributed by atoms with Gasteiger partial charge in [-0.25, -0.2) is 0 Å². The molecule has 92 valence electrons. The lowest BCUT2D eigenvalue weighted by Crippen LogP contribution is -2.50. The Morgan fingerprint density at radius 1 is 1.35 bits per heavy atom. The fourth-order valence-corrected chi connectivity index (χ4v) is 3.66. The minimum Gasteiger partial charge on any atom is -0.381 e. The van der Waals surface area contributed by atoms with Crippen molar-refractivity contribution in [2.45, 2.75) is 38.1 Å². The van der Waals surface area contributed by atoms with E-state index in [-0.39, 0.29) is 5.54 Å². The number of benzene rings is 1. The van der Waals surface area contributed by atoms with E-state index in [0.29, 0.717) is 0 Å². The van der Waals surface area contributed by atoms with Crippen LogP contribution in [0.5, 0.6) is 0 Å². The van der Waals surface area contributed by atoms with Gasteiger partial charge in [0.05, 0.1) is 16.9 Å². The lowest BCUT2D eigenvalue weighted by atomic mass is 9.75. The maximum absolute atomic E-state index is 3.79. The van der Waals surface area contributed by atoms with E-state index in [1.54, 1.807) is 0 Å². The molecule has 0 radical (unpaired) electrons. The summed E-state index contributed by atoms with van der Waals surface area (Å²) in [6, 6.07) is 6.42. The van der Waals surface area contributed by atoms with Crippen molar-refractivity contribution in [1.29, 1.82) is 0 Å².